The normalized spacial score (nSPS) is 30.9. The number of nitrogens with one attached hydrogen (secondary N) is 2. The zero-order chi connectivity index (χ0) is 13.4. The van der Waals surface area contributed by atoms with Gasteiger partial charge >= 0.3 is 0 Å². The third-order valence-electron chi connectivity index (χ3n) is 3.82. The predicted molar refractivity (Wildman–Crippen MR) is 82.0 cm³/mol. The van der Waals surface area contributed by atoms with Gasteiger partial charge in [0.1, 0.15) is 5.82 Å². The summed E-state index contributed by atoms with van der Waals surface area (Å²) in [5, 5.41) is 4.88. The minimum absolute atomic E-state index is 0.0679. The number of nitrogens with zero attached hydrogens (tertiary/aromatic N) is 1. The van der Waals surface area contributed by atoms with E-state index in [1.807, 2.05) is 23.5 Å². The number of H-pyrrole nitrogens is 1. The molecule has 104 valence electrons. The van der Waals surface area contributed by atoms with E-state index in [2.05, 4.69) is 24.1 Å². The van der Waals surface area contributed by atoms with Crippen molar-refractivity contribution in [1.82, 2.24) is 15.3 Å². The number of hydrogen-bond donors (Lipinski definition) is 2. The lowest BCUT2D eigenvalue weighted by Gasteiger charge is -2.31. The first-order chi connectivity index (χ1) is 9.15. The van der Waals surface area contributed by atoms with Crippen LogP contribution in [0.1, 0.15) is 36.2 Å². The molecule has 2 aliphatic rings. The third kappa shape index (κ3) is 2.71. The molecule has 0 aromatic carbocycles. The molecule has 6 heteroatoms. The molecular weight excluding hydrogens is 278 g/mol. The molecular formula is C13H19N3OS2. The highest BCUT2D eigenvalue weighted by molar-refractivity contribution is 8.07. The molecule has 1 aromatic rings. The van der Waals surface area contributed by atoms with Gasteiger partial charge in [0.2, 0.25) is 0 Å². The number of rotatable bonds is 1. The van der Waals surface area contributed by atoms with E-state index in [0.29, 0.717) is 15.7 Å². The van der Waals surface area contributed by atoms with E-state index < -0.39 is 0 Å². The molecule has 3 heterocycles. The summed E-state index contributed by atoms with van der Waals surface area (Å²) < 4.78 is 0. The minimum atomic E-state index is 0.0679. The third-order valence-corrected chi connectivity index (χ3v) is 7.22. The first-order valence-electron chi connectivity index (χ1n) is 6.75. The summed E-state index contributed by atoms with van der Waals surface area (Å²) in [5.41, 5.74) is 1.89. The topological polar surface area (TPSA) is 57.8 Å². The molecule has 19 heavy (non-hydrogen) atoms. The molecule has 0 radical (unpaired) electrons. The van der Waals surface area contributed by atoms with Gasteiger partial charge in [-0.3, -0.25) is 4.79 Å². The van der Waals surface area contributed by atoms with Gasteiger partial charge in [0.15, 0.2) is 0 Å². The fourth-order valence-corrected chi connectivity index (χ4v) is 5.33. The number of fused-ring (bicyclic) bond motifs is 1. The molecule has 4 nitrogen and oxygen atoms in total. The molecule has 1 fully saturated rings. The maximum absolute atomic E-state index is 12.1. The van der Waals surface area contributed by atoms with Gasteiger partial charge in [-0.2, -0.15) is 11.8 Å². The molecule has 1 aromatic heterocycles. The molecule has 0 aliphatic carbocycles. The monoisotopic (exact) mass is 297 g/mol. The Hall–Kier alpha value is -0.460. The van der Waals surface area contributed by atoms with Crippen molar-refractivity contribution in [3.8, 4) is 0 Å². The molecule has 0 amide bonds. The SMILES string of the molecule is CC1SCC(c2nc3c(c(=O)[nH]2)CCNC3)SC1C. The van der Waals surface area contributed by atoms with E-state index in [1.54, 1.807) is 0 Å². The fourth-order valence-electron chi connectivity index (χ4n) is 2.47. The van der Waals surface area contributed by atoms with E-state index in [-0.39, 0.29) is 5.56 Å². The van der Waals surface area contributed by atoms with Crippen LogP contribution in [0.15, 0.2) is 4.79 Å². The molecule has 1 saturated heterocycles. The van der Waals surface area contributed by atoms with Crippen LogP contribution in [0.4, 0.5) is 0 Å². The Labute approximate surface area is 121 Å². The average Bonchev–Trinajstić information content (AvgIpc) is 2.42. The number of hydrogen-bond acceptors (Lipinski definition) is 5. The highest BCUT2D eigenvalue weighted by atomic mass is 32.2. The summed E-state index contributed by atoms with van der Waals surface area (Å²) in [7, 11) is 0. The number of aromatic nitrogens is 2. The summed E-state index contributed by atoms with van der Waals surface area (Å²) in [4.78, 5) is 19.9. The van der Waals surface area contributed by atoms with E-state index in [0.717, 1.165) is 42.3 Å². The van der Waals surface area contributed by atoms with Gasteiger partial charge < -0.3 is 10.3 Å². The molecule has 2 N–H and O–H groups in total. The average molecular weight is 297 g/mol. The van der Waals surface area contributed by atoms with Crippen molar-refractivity contribution in [2.24, 2.45) is 0 Å². The standard InChI is InChI=1S/C13H19N3OS2/c1-7-8(2)19-11(6-18-7)12-15-10-5-14-4-3-9(10)13(17)16-12/h7-8,11,14H,3-6H2,1-2H3,(H,15,16,17). The van der Waals surface area contributed by atoms with Crippen LogP contribution in [-0.2, 0) is 13.0 Å². The van der Waals surface area contributed by atoms with Crippen LogP contribution in [0.5, 0.6) is 0 Å². The maximum atomic E-state index is 12.1. The van der Waals surface area contributed by atoms with Crippen LogP contribution in [0.2, 0.25) is 0 Å². The number of thioether (sulfide) groups is 2. The van der Waals surface area contributed by atoms with Crippen LogP contribution in [-0.4, -0.2) is 32.8 Å². The van der Waals surface area contributed by atoms with Crippen molar-refractivity contribution in [2.45, 2.75) is 42.6 Å². The van der Waals surface area contributed by atoms with Crippen LogP contribution in [0, 0.1) is 0 Å². The van der Waals surface area contributed by atoms with Gasteiger partial charge in [-0.05, 0) is 13.0 Å². The van der Waals surface area contributed by atoms with Gasteiger partial charge in [0.05, 0.1) is 10.9 Å². The Morgan fingerprint density at radius 3 is 2.95 bits per heavy atom. The summed E-state index contributed by atoms with van der Waals surface area (Å²) in [6.07, 6.45) is 0.790. The van der Waals surface area contributed by atoms with Gasteiger partial charge in [0, 0.05) is 28.4 Å². The Morgan fingerprint density at radius 2 is 2.16 bits per heavy atom. The molecule has 0 spiro atoms. The first kappa shape index (κ1) is 13.5. The smallest absolute Gasteiger partial charge is 0.254 e. The predicted octanol–water partition coefficient (Wildman–Crippen LogP) is 1.71. The summed E-state index contributed by atoms with van der Waals surface area (Å²) in [6, 6.07) is 0. The highest BCUT2D eigenvalue weighted by Crippen LogP contribution is 2.43. The molecule has 0 saturated carbocycles. The van der Waals surface area contributed by atoms with Crippen LogP contribution >= 0.6 is 23.5 Å². The number of aromatic amines is 1. The van der Waals surface area contributed by atoms with Crippen LogP contribution in [0.25, 0.3) is 0 Å². The lowest BCUT2D eigenvalue weighted by molar-refractivity contribution is 0.611. The van der Waals surface area contributed by atoms with E-state index >= 15 is 0 Å². The molecule has 3 unspecified atom stereocenters. The lowest BCUT2D eigenvalue weighted by Crippen LogP contribution is -2.33. The quantitative estimate of drug-likeness (QED) is 0.826. The zero-order valence-electron chi connectivity index (χ0n) is 11.2. The Kier molecular flexibility index (Phi) is 3.91. The maximum Gasteiger partial charge on any atom is 0.254 e. The van der Waals surface area contributed by atoms with E-state index in [9.17, 15) is 4.79 Å². The van der Waals surface area contributed by atoms with Crippen molar-refractivity contribution in [3.63, 3.8) is 0 Å². The van der Waals surface area contributed by atoms with Crippen molar-refractivity contribution in [1.29, 1.82) is 0 Å². The molecule has 3 atom stereocenters. The summed E-state index contributed by atoms with van der Waals surface area (Å²) in [6.45, 7) is 6.13. The molecule has 2 aliphatic heterocycles. The van der Waals surface area contributed by atoms with Gasteiger partial charge in [-0.25, -0.2) is 4.98 Å². The first-order valence-corrected chi connectivity index (χ1v) is 8.74. The Bertz CT molecular complexity index is 531. The van der Waals surface area contributed by atoms with Gasteiger partial charge in [-0.1, -0.05) is 13.8 Å². The second-order valence-corrected chi connectivity index (χ2v) is 8.17. The summed E-state index contributed by atoms with van der Waals surface area (Å²) >= 11 is 3.91. The van der Waals surface area contributed by atoms with Crippen molar-refractivity contribution in [2.75, 3.05) is 12.3 Å². The largest absolute Gasteiger partial charge is 0.311 e. The van der Waals surface area contributed by atoms with Crippen molar-refractivity contribution >= 4 is 23.5 Å². The van der Waals surface area contributed by atoms with Crippen LogP contribution in [0.3, 0.4) is 0 Å². The fraction of sp³-hybridized carbons (Fsp3) is 0.692. The second kappa shape index (κ2) is 5.50. The molecule has 0 bridgehead atoms. The van der Waals surface area contributed by atoms with Gasteiger partial charge in [-0.15, -0.1) is 11.8 Å². The minimum Gasteiger partial charge on any atom is -0.311 e. The molecule has 3 rings (SSSR count). The van der Waals surface area contributed by atoms with Crippen molar-refractivity contribution in [3.05, 3.63) is 27.4 Å². The lowest BCUT2D eigenvalue weighted by atomic mass is 10.1. The Morgan fingerprint density at radius 1 is 1.32 bits per heavy atom. The van der Waals surface area contributed by atoms with Crippen molar-refractivity contribution < 1.29 is 0 Å². The zero-order valence-corrected chi connectivity index (χ0v) is 12.9. The van der Waals surface area contributed by atoms with E-state index in [1.165, 1.54) is 0 Å². The van der Waals surface area contributed by atoms with Crippen LogP contribution < -0.4 is 10.9 Å². The van der Waals surface area contributed by atoms with Gasteiger partial charge in [0.25, 0.3) is 5.56 Å². The highest BCUT2D eigenvalue weighted by Gasteiger charge is 2.29. The van der Waals surface area contributed by atoms with E-state index in [4.69, 9.17) is 4.98 Å². The Balaban J connectivity index is 1.89. The summed E-state index contributed by atoms with van der Waals surface area (Å²) in [5.74, 6) is 1.90. The second-order valence-electron chi connectivity index (χ2n) is 5.17.